The van der Waals surface area contributed by atoms with Crippen molar-refractivity contribution in [2.45, 2.75) is 13.8 Å². The van der Waals surface area contributed by atoms with E-state index < -0.39 is 17.9 Å². The van der Waals surface area contributed by atoms with Crippen LogP contribution < -0.4 is 20.1 Å². The van der Waals surface area contributed by atoms with Crippen LogP contribution in [0.25, 0.3) is 6.08 Å². The first-order valence-corrected chi connectivity index (χ1v) is 7.42. The van der Waals surface area contributed by atoms with Crippen LogP contribution in [-0.2, 0) is 14.3 Å². The number of nitrogens with one attached hydrogen (secondary N) is 2. The topological polar surface area (TPSA) is 103 Å². The monoisotopic (exact) mass is 334 g/mol. The molecule has 8 nitrogen and oxygen atoms in total. The third kappa shape index (κ3) is 4.48. The fourth-order valence-corrected chi connectivity index (χ4v) is 1.99. The highest BCUT2D eigenvalue weighted by Gasteiger charge is 2.22. The molecular formula is C16H18N2O6. The standard InChI is InChI=1S/C16H18N2O6/c1-3-22-13-8-10(7-11-15(20)18-16(21)17-11)5-6-12(13)24-9-14(19)23-4-2/h5-8H,3-4,9H2,1-2H3,(H2,17,18,20,21)/b11-7+. The van der Waals surface area contributed by atoms with Gasteiger partial charge in [-0.05, 0) is 37.6 Å². The number of hydrogen-bond acceptors (Lipinski definition) is 6. The van der Waals surface area contributed by atoms with E-state index in [-0.39, 0.29) is 18.9 Å². The number of rotatable bonds is 7. The van der Waals surface area contributed by atoms with Crippen molar-refractivity contribution in [3.63, 3.8) is 0 Å². The number of imide groups is 1. The molecule has 1 saturated heterocycles. The Morgan fingerprint density at radius 1 is 1.08 bits per heavy atom. The second-order valence-electron chi connectivity index (χ2n) is 4.70. The lowest BCUT2D eigenvalue weighted by atomic mass is 10.1. The summed E-state index contributed by atoms with van der Waals surface area (Å²) in [5, 5.41) is 4.52. The Bertz CT molecular complexity index is 683. The third-order valence-corrected chi connectivity index (χ3v) is 2.95. The van der Waals surface area contributed by atoms with Crippen molar-refractivity contribution in [1.29, 1.82) is 0 Å². The molecule has 24 heavy (non-hydrogen) atoms. The molecule has 8 heteroatoms. The van der Waals surface area contributed by atoms with Gasteiger partial charge >= 0.3 is 12.0 Å². The number of amides is 3. The van der Waals surface area contributed by atoms with Gasteiger partial charge in [-0.2, -0.15) is 0 Å². The highest BCUT2D eigenvalue weighted by molar-refractivity contribution is 6.14. The average Bonchev–Trinajstić information content (AvgIpc) is 2.85. The van der Waals surface area contributed by atoms with E-state index in [1.165, 1.54) is 6.08 Å². The zero-order valence-corrected chi connectivity index (χ0v) is 13.4. The van der Waals surface area contributed by atoms with E-state index in [4.69, 9.17) is 14.2 Å². The van der Waals surface area contributed by atoms with Gasteiger partial charge in [0.2, 0.25) is 0 Å². The molecule has 0 radical (unpaired) electrons. The van der Waals surface area contributed by atoms with Crippen molar-refractivity contribution in [2.75, 3.05) is 19.8 Å². The molecule has 3 amide bonds. The van der Waals surface area contributed by atoms with E-state index >= 15 is 0 Å². The summed E-state index contributed by atoms with van der Waals surface area (Å²) in [4.78, 5) is 34.0. The SMILES string of the molecule is CCOC(=O)COc1ccc(/C=C2/NC(=O)NC2=O)cc1OCC. The molecule has 0 aromatic heterocycles. The molecule has 1 aliphatic rings. The predicted molar refractivity (Wildman–Crippen MR) is 84.4 cm³/mol. The molecule has 0 atom stereocenters. The lowest BCUT2D eigenvalue weighted by molar-refractivity contribution is -0.145. The molecule has 0 saturated carbocycles. The summed E-state index contributed by atoms with van der Waals surface area (Å²) in [7, 11) is 0. The smallest absolute Gasteiger partial charge is 0.344 e. The summed E-state index contributed by atoms with van der Waals surface area (Å²) >= 11 is 0. The van der Waals surface area contributed by atoms with Gasteiger partial charge in [-0.25, -0.2) is 9.59 Å². The Hall–Kier alpha value is -3.03. The number of urea groups is 1. The molecule has 1 aromatic carbocycles. The van der Waals surface area contributed by atoms with Crippen LogP contribution in [0.2, 0.25) is 0 Å². The summed E-state index contributed by atoms with van der Waals surface area (Å²) in [6.45, 7) is 3.97. The Balaban J connectivity index is 2.16. The summed E-state index contributed by atoms with van der Waals surface area (Å²) in [6.07, 6.45) is 1.51. The molecule has 0 unspecified atom stereocenters. The fourth-order valence-electron chi connectivity index (χ4n) is 1.99. The van der Waals surface area contributed by atoms with Gasteiger partial charge in [0.05, 0.1) is 13.2 Å². The van der Waals surface area contributed by atoms with E-state index in [2.05, 4.69) is 10.6 Å². The first kappa shape index (κ1) is 17.3. The maximum absolute atomic E-state index is 11.5. The summed E-state index contributed by atoms with van der Waals surface area (Å²) < 4.78 is 15.7. The molecule has 0 bridgehead atoms. The molecule has 2 rings (SSSR count). The lowest BCUT2D eigenvalue weighted by Crippen LogP contribution is -2.22. The minimum absolute atomic E-state index is 0.141. The summed E-state index contributed by atoms with van der Waals surface area (Å²) in [5.41, 5.74) is 0.775. The largest absolute Gasteiger partial charge is 0.490 e. The van der Waals surface area contributed by atoms with Crippen molar-refractivity contribution in [3.8, 4) is 11.5 Å². The zero-order chi connectivity index (χ0) is 17.5. The number of carbonyl (C=O) groups is 3. The maximum atomic E-state index is 11.5. The first-order valence-electron chi connectivity index (χ1n) is 7.42. The number of esters is 1. The molecule has 128 valence electrons. The van der Waals surface area contributed by atoms with E-state index in [1.807, 2.05) is 6.92 Å². The normalized spacial score (nSPS) is 15.0. The summed E-state index contributed by atoms with van der Waals surface area (Å²) in [5.74, 6) is -0.176. The molecule has 2 N–H and O–H groups in total. The van der Waals surface area contributed by atoms with Crippen LogP contribution in [0.4, 0.5) is 4.79 Å². The van der Waals surface area contributed by atoms with Crippen LogP contribution in [0, 0.1) is 0 Å². The molecule has 0 spiro atoms. The minimum atomic E-state index is -0.564. The van der Waals surface area contributed by atoms with Gasteiger partial charge in [0.15, 0.2) is 18.1 Å². The van der Waals surface area contributed by atoms with Crippen molar-refractivity contribution in [2.24, 2.45) is 0 Å². The van der Waals surface area contributed by atoms with Crippen molar-refractivity contribution in [1.82, 2.24) is 10.6 Å². The number of hydrogen-bond donors (Lipinski definition) is 2. The lowest BCUT2D eigenvalue weighted by Gasteiger charge is -2.12. The minimum Gasteiger partial charge on any atom is -0.490 e. The molecule has 0 aliphatic carbocycles. The Morgan fingerprint density at radius 3 is 2.50 bits per heavy atom. The second-order valence-corrected chi connectivity index (χ2v) is 4.70. The summed E-state index contributed by atoms with van der Waals surface area (Å²) in [6, 6.07) is 4.37. The molecule has 1 aliphatic heterocycles. The zero-order valence-electron chi connectivity index (χ0n) is 13.4. The first-order chi connectivity index (χ1) is 11.5. The van der Waals surface area contributed by atoms with Gasteiger partial charge in [0.1, 0.15) is 5.70 Å². The van der Waals surface area contributed by atoms with Gasteiger partial charge in [-0.1, -0.05) is 6.07 Å². The highest BCUT2D eigenvalue weighted by atomic mass is 16.6. The van der Waals surface area contributed by atoms with Crippen LogP contribution in [0.1, 0.15) is 19.4 Å². The number of ether oxygens (including phenoxy) is 3. The Labute approximate surface area is 138 Å². The van der Waals surface area contributed by atoms with E-state index in [0.29, 0.717) is 23.7 Å². The molecule has 1 fully saturated rings. The van der Waals surface area contributed by atoms with Crippen LogP contribution >= 0.6 is 0 Å². The van der Waals surface area contributed by atoms with Crippen LogP contribution in [0.5, 0.6) is 11.5 Å². The van der Waals surface area contributed by atoms with Crippen LogP contribution in [-0.4, -0.2) is 37.7 Å². The molecule has 1 aromatic rings. The van der Waals surface area contributed by atoms with Crippen LogP contribution in [0.15, 0.2) is 23.9 Å². The van der Waals surface area contributed by atoms with E-state index in [9.17, 15) is 14.4 Å². The molecular weight excluding hydrogens is 316 g/mol. The van der Waals surface area contributed by atoms with Gasteiger partial charge < -0.3 is 19.5 Å². The Morgan fingerprint density at radius 2 is 1.88 bits per heavy atom. The quantitative estimate of drug-likeness (QED) is 0.441. The van der Waals surface area contributed by atoms with Crippen molar-refractivity contribution >= 4 is 24.0 Å². The van der Waals surface area contributed by atoms with Gasteiger partial charge in [-0.3, -0.25) is 10.1 Å². The second kappa shape index (κ2) is 8.00. The number of carbonyl (C=O) groups excluding carboxylic acids is 3. The van der Waals surface area contributed by atoms with E-state index in [0.717, 1.165) is 0 Å². The molecule has 1 heterocycles. The highest BCUT2D eigenvalue weighted by Crippen LogP contribution is 2.29. The number of benzene rings is 1. The average molecular weight is 334 g/mol. The van der Waals surface area contributed by atoms with E-state index in [1.54, 1.807) is 25.1 Å². The fraction of sp³-hybridized carbons (Fsp3) is 0.312. The van der Waals surface area contributed by atoms with Gasteiger partial charge in [-0.15, -0.1) is 0 Å². The van der Waals surface area contributed by atoms with Crippen molar-refractivity contribution in [3.05, 3.63) is 29.5 Å². The van der Waals surface area contributed by atoms with Crippen LogP contribution in [0.3, 0.4) is 0 Å². The van der Waals surface area contributed by atoms with Gasteiger partial charge in [0.25, 0.3) is 5.91 Å². The third-order valence-electron chi connectivity index (χ3n) is 2.95. The maximum Gasteiger partial charge on any atom is 0.344 e. The van der Waals surface area contributed by atoms with Gasteiger partial charge in [0, 0.05) is 0 Å². The Kier molecular flexibility index (Phi) is 5.78. The predicted octanol–water partition coefficient (Wildman–Crippen LogP) is 1.21. The van der Waals surface area contributed by atoms with Crippen molar-refractivity contribution < 1.29 is 28.6 Å².